The van der Waals surface area contributed by atoms with Gasteiger partial charge in [-0.2, -0.15) is 0 Å². The average molecular weight is 365 g/mol. The first kappa shape index (κ1) is 16.3. The maximum atomic E-state index is 12.6. The van der Waals surface area contributed by atoms with Gasteiger partial charge in [0.1, 0.15) is 6.54 Å². The highest BCUT2D eigenvalue weighted by Crippen LogP contribution is 2.28. The van der Waals surface area contributed by atoms with Crippen LogP contribution in [0.3, 0.4) is 0 Å². The first-order valence-corrected chi connectivity index (χ1v) is 7.54. The summed E-state index contributed by atoms with van der Waals surface area (Å²) < 4.78 is 6.12. The standard InChI is InChI=1S/C16H10Cl2N2O4/c17-10-4-2-1-3-8(10)15(22)9-5-13-12(6-11(9)18)20(7-14(19)21)16(23)24-13/h1-6H,7H2,(H2,19,21). The molecule has 0 aliphatic heterocycles. The third-order valence-corrected chi connectivity index (χ3v) is 4.08. The van der Waals surface area contributed by atoms with E-state index < -0.39 is 17.4 Å². The van der Waals surface area contributed by atoms with Crippen LogP contribution in [0.4, 0.5) is 0 Å². The Hall–Kier alpha value is -2.57. The van der Waals surface area contributed by atoms with Crippen molar-refractivity contribution in [3.8, 4) is 0 Å². The molecule has 3 aromatic rings. The molecular formula is C16H10Cl2N2O4. The molecule has 0 unspecified atom stereocenters. The minimum atomic E-state index is -0.762. The lowest BCUT2D eigenvalue weighted by atomic mass is 10.0. The highest BCUT2D eigenvalue weighted by molar-refractivity contribution is 6.38. The summed E-state index contributed by atoms with van der Waals surface area (Å²) >= 11 is 12.2. The van der Waals surface area contributed by atoms with Crippen LogP contribution >= 0.6 is 23.2 Å². The van der Waals surface area contributed by atoms with Crippen LogP contribution in [0.5, 0.6) is 0 Å². The predicted molar refractivity (Wildman–Crippen MR) is 89.6 cm³/mol. The van der Waals surface area contributed by atoms with Gasteiger partial charge in [0.25, 0.3) is 0 Å². The van der Waals surface area contributed by atoms with E-state index in [1.807, 2.05) is 0 Å². The lowest BCUT2D eigenvalue weighted by molar-refractivity contribution is -0.118. The Labute approximate surface area is 145 Å². The van der Waals surface area contributed by atoms with E-state index in [2.05, 4.69) is 0 Å². The van der Waals surface area contributed by atoms with Gasteiger partial charge in [0, 0.05) is 11.1 Å². The van der Waals surface area contributed by atoms with Crippen LogP contribution in [-0.4, -0.2) is 16.3 Å². The number of carbonyl (C=O) groups excluding carboxylic acids is 2. The first-order chi connectivity index (χ1) is 11.4. The average Bonchev–Trinajstić information content (AvgIpc) is 2.81. The summed E-state index contributed by atoms with van der Waals surface area (Å²) in [5.74, 6) is -1.87. The van der Waals surface area contributed by atoms with Crippen molar-refractivity contribution in [3.05, 3.63) is 68.1 Å². The molecule has 2 N–H and O–H groups in total. The molecule has 0 aliphatic rings. The van der Waals surface area contributed by atoms with Crippen molar-refractivity contribution in [1.82, 2.24) is 4.57 Å². The molecule has 0 atom stereocenters. The van der Waals surface area contributed by atoms with E-state index in [9.17, 15) is 14.4 Å². The Bertz CT molecular complexity index is 1040. The van der Waals surface area contributed by atoms with Crippen LogP contribution in [0, 0.1) is 0 Å². The Morgan fingerprint density at radius 2 is 1.79 bits per heavy atom. The molecule has 0 saturated heterocycles. The molecule has 6 nitrogen and oxygen atoms in total. The molecule has 3 rings (SSSR count). The van der Waals surface area contributed by atoms with E-state index in [1.54, 1.807) is 24.3 Å². The van der Waals surface area contributed by atoms with Crippen molar-refractivity contribution < 1.29 is 14.0 Å². The van der Waals surface area contributed by atoms with Gasteiger partial charge in [0.2, 0.25) is 5.91 Å². The maximum absolute atomic E-state index is 12.6. The predicted octanol–water partition coefficient (Wildman–Crippen LogP) is 2.62. The first-order valence-electron chi connectivity index (χ1n) is 6.79. The number of benzene rings is 2. The van der Waals surface area contributed by atoms with Gasteiger partial charge >= 0.3 is 5.76 Å². The van der Waals surface area contributed by atoms with Crippen molar-refractivity contribution in [2.45, 2.75) is 6.54 Å². The van der Waals surface area contributed by atoms with E-state index in [1.165, 1.54) is 12.1 Å². The minimum Gasteiger partial charge on any atom is -0.408 e. The molecule has 0 aliphatic carbocycles. The van der Waals surface area contributed by atoms with Gasteiger partial charge in [-0.3, -0.25) is 14.2 Å². The number of oxazole rings is 1. The molecule has 0 saturated carbocycles. The minimum absolute atomic E-state index is 0.103. The van der Waals surface area contributed by atoms with Crippen molar-refractivity contribution >= 4 is 46.0 Å². The monoisotopic (exact) mass is 364 g/mol. The van der Waals surface area contributed by atoms with Gasteiger partial charge in [-0.15, -0.1) is 0 Å². The number of primary amides is 1. The molecule has 1 aromatic heterocycles. The van der Waals surface area contributed by atoms with Gasteiger partial charge in [-0.25, -0.2) is 4.79 Å². The number of ketones is 1. The molecule has 8 heteroatoms. The van der Waals surface area contributed by atoms with Crippen LogP contribution in [0.25, 0.3) is 11.1 Å². The van der Waals surface area contributed by atoms with Crippen molar-refractivity contribution in [2.24, 2.45) is 5.73 Å². The Balaban J connectivity index is 2.16. The van der Waals surface area contributed by atoms with Crippen molar-refractivity contribution in [1.29, 1.82) is 0 Å². The fourth-order valence-corrected chi connectivity index (χ4v) is 2.82. The van der Waals surface area contributed by atoms with E-state index in [4.69, 9.17) is 33.4 Å². The number of aromatic nitrogens is 1. The van der Waals surface area contributed by atoms with Crippen LogP contribution in [0.15, 0.2) is 45.6 Å². The third kappa shape index (κ3) is 2.81. The largest absolute Gasteiger partial charge is 0.420 e. The number of hydrogen-bond donors (Lipinski definition) is 1. The third-order valence-electron chi connectivity index (χ3n) is 3.43. The summed E-state index contributed by atoms with van der Waals surface area (Å²) in [6.45, 7) is -0.347. The summed E-state index contributed by atoms with van der Waals surface area (Å²) in [6, 6.07) is 9.27. The summed E-state index contributed by atoms with van der Waals surface area (Å²) in [4.78, 5) is 35.5. The second-order valence-electron chi connectivity index (χ2n) is 5.03. The number of fused-ring (bicyclic) bond motifs is 1. The van der Waals surface area contributed by atoms with E-state index in [0.717, 1.165) is 4.57 Å². The van der Waals surface area contributed by atoms with Crippen LogP contribution < -0.4 is 11.5 Å². The summed E-state index contributed by atoms with van der Waals surface area (Å²) in [5, 5.41) is 0.387. The van der Waals surface area contributed by atoms with Gasteiger partial charge in [-0.05, 0) is 24.3 Å². The van der Waals surface area contributed by atoms with Gasteiger partial charge in [0.05, 0.1) is 15.6 Å². The van der Waals surface area contributed by atoms with Crippen LogP contribution in [-0.2, 0) is 11.3 Å². The number of amides is 1. The Kier molecular flexibility index (Phi) is 4.17. The maximum Gasteiger partial charge on any atom is 0.420 e. The summed E-state index contributed by atoms with van der Waals surface area (Å²) in [5.41, 5.74) is 5.93. The molecule has 1 heterocycles. The summed E-state index contributed by atoms with van der Waals surface area (Å²) in [7, 11) is 0. The highest BCUT2D eigenvalue weighted by Gasteiger charge is 2.20. The molecule has 24 heavy (non-hydrogen) atoms. The smallest absolute Gasteiger partial charge is 0.408 e. The SMILES string of the molecule is NC(=O)Cn1c(=O)oc2cc(C(=O)c3ccccc3Cl)c(Cl)cc21. The Morgan fingerprint density at radius 1 is 1.08 bits per heavy atom. The molecule has 0 spiro atoms. The summed E-state index contributed by atoms with van der Waals surface area (Å²) in [6.07, 6.45) is 0. The van der Waals surface area contributed by atoms with Crippen molar-refractivity contribution in [2.75, 3.05) is 0 Å². The molecule has 1 amide bonds. The topological polar surface area (TPSA) is 95.3 Å². The van der Waals surface area contributed by atoms with Crippen molar-refractivity contribution in [3.63, 3.8) is 0 Å². The molecule has 0 bridgehead atoms. The van der Waals surface area contributed by atoms with Crippen LogP contribution in [0.1, 0.15) is 15.9 Å². The molecule has 0 fully saturated rings. The van der Waals surface area contributed by atoms with Crippen LogP contribution in [0.2, 0.25) is 10.0 Å². The van der Waals surface area contributed by atoms with Gasteiger partial charge < -0.3 is 10.2 Å². The van der Waals surface area contributed by atoms with Gasteiger partial charge in [-0.1, -0.05) is 35.3 Å². The molecule has 2 aromatic carbocycles. The number of nitrogens with zero attached hydrogens (tertiary/aromatic N) is 1. The lowest BCUT2D eigenvalue weighted by Crippen LogP contribution is -2.24. The zero-order chi connectivity index (χ0) is 17.4. The lowest BCUT2D eigenvalue weighted by Gasteiger charge is -2.06. The second-order valence-corrected chi connectivity index (χ2v) is 5.84. The zero-order valence-electron chi connectivity index (χ0n) is 12.1. The van der Waals surface area contributed by atoms with Gasteiger partial charge in [0.15, 0.2) is 11.4 Å². The number of rotatable bonds is 4. The molecule has 0 radical (unpaired) electrons. The fraction of sp³-hybridized carbons (Fsp3) is 0.0625. The van der Waals surface area contributed by atoms with E-state index >= 15 is 0 Å². The number of halogens is 2. The number of nitrogens with two attached hydrogens (primary N) is 1. The zero-order valence-corrected chi connectivity index (χ0v) is 13.6. The normalized spacial score (nSPS) is 10.9. The number of hydrogen-bond acceptors (Lipinski definition) is 4. The molecular weight excluding hydrogens is 355 g/mol. The Morgan fingerprint density at radius 3 is 2.46 bits per heavy atom. The van der Waals surface area contributed by atoms with E-state index in [-0.39, 0.29) is 38.8 Å². The quantitative estimate of drug-likeness (QED) is 0.719. The number of carbonyl (C=O) groups is 2. The van der Waals surface area contributed by atoms with E-state index in [0.29, 0.717) is 0 Å². The fourth-order valence-electron chi connectivity index (χ4n) is 2.35. The highest BCUT2D eigenvalue weighted by atomic mass is 35.5. The second kappa shape index (κ2) is 6.14. The molecule has 122 valence electrons.